The fourth-order valence-corrected chi connectivity index (χ4v) is 3.57. The molecule has 1 aliphatic rings. The molecule has 31 heavy (non-hydrogen) atoms. The van der Waals surface area contributed by atoms with Crippen LogP contribution in [0.1, 0.15) is 22.9 Å². The van der Waals surface area contributed by atoms with Crippen LogP contribution in [0.4, 0.5) is 5.82 Å². The van der Waals surface area contributed by atoms with E-state index in [9.17, 15) is 14.7 Å². The Labute approximate surface area is 178 Å². The van der Waals surface area contributed by atoms with Crippen LogP contribution in [0.15, 0.2) is 64.7 Å². The summed E-state index contributed by atoms with van der Waals surface area (Å²) >= 11 is 0. The lowest BCUT2D eigenvalue weighted by atomic mass is 9.95. The van der Waals surface area contributed by atoms with E-state index in [1.54, 1.807) is 61.5 Å². The third-order valence-electron chi connectivity index (χ3n) is 5.08. The number of anilines is 1. The first kappa shape index (κ1) is 20.2. The van der Waals surface area contributed by atoms with Gasteiger partial charge in [-0.05, 0) is 48.9 Å². The van der Waals surface area contributed by atoms with Crippen LogP contribution in [0.25, 0.3) is 5.76 Å². The highest BCUT2D eigenvalue weighted by Gasteiger charge is 2.48. The molecule has 1 aliphatic heterocycles. The second-order valence-electron chi connectivity index (χ2n) is 6.97. The molecule has 1 saturated heterocycles. The number of aryl methyl sites for hydroxylation is 1. The first-order valence-corrected chi connectivity index (χ1v) is 9.47. The van der Waals surface area contributed by atoms with Crippen molar-refractivity contribution in [1.82, 2.24) is 5.16 Å². The molecule has 8 nitrogen and oxygen atoms in total. The molecule has 0 spiro atoms. The van der Waals surface area contributed by atoms with Gasteiger partial charge in [0.15, 0.2) is 5.82 Å². The van der Waals surface area contributed by atoms with Crippen molar-refractivity contribution >= 4 is 23.3 Å². The van der Waals surface area contributed by atoms with Gasteiger partial charge in [-0.3, -0.25) is 14.5 Å². The molecule has 1 amide bonds. The maximum absolute atomic E-state index is 13.0. The largest absolute Gasteiger partial charge is 0.507 e. The molecule has 1 N–H and O–H groups in total. The van der Waals surface area contributed by atoms with Gasteiger partial charge in [0.25, 0.3) is 5.78 Å². The Morgan fingerprint density at radius 1 is 1.03 bits per heavy atom. The zero-order valence-electron chi connectivity index (χ0n) is 17.2. The fourth-order valence-electron chi connectivity index (χ4n) is 3.57. The van der Waals surface area contributed by atoms with Gasteiger partial charge in [-0.2, -0.15) is 0 Å². The van der Waals surface area contributed by atoms with E-state index in [1.807, 2.05) is 0 Å². The predicted octanol–water partition coefficient (Wildman–Crippen LogP) is 3.63. The SMILES string of the molecule is COc1ccc(/C(O)=C2\C(=O)C(=O)N(c3cc(C)on3)[C@@H]2c2cccc(OC)c2)cc1. The van der Waals surface area contributed by atoms with Gasteiger partial charge in [0.05, 0.1) is 25.8 Å². The number of ether oxygens (including phenoxy) is 2. The third kappa shape index (κ3) is 3.52. The average molecular weight is 420 g/mol. The van der Waals surface area contributed by atoms with Gasteiger partial charge in [0.2, 0.25) is 0 Å². The molecule has 8 heteroatoms. The minimum atomic E-state index is -0.915. The highest BCUT2D eigenvalue weighted by atomic mass is 16.5. The number of nitrogens with zero attached hydrogens (tertiary/aromatic N) is 2. The van der Waals surface area contributed by atoms with Crippen molar-refractivity contribution in [2.45, 2.75) is 13.0 Å². The number of Topliss-reactive ketones (excluding diaryl/α,β-unsaturated/α-hetero) is 1. The van der Waals surface area contributed by atoms with Gasteiger partial charge in [-0.25, -0.2) is 0 Å². The molecule has 4 rings (SSSR count). The number of hydrogen-bond acceptors (Lipinski definition) is 7. The topological polar surface area (TPSA) is 102 Å². The zero-order chi connectivity index (χ0) is 22.1. The average Bonchev–Trinajstić information content (AvgIpc) is 3.34. The van der Waals surface area contributed by atoms with Crippen molar-refractivity contribution in [1.29, 1.82) is 0 Å². The molecule has 1 atom stereocenters. The Morgan fingerprint density at radius 3 is 2.35 bits per heavy atom. The maximum atomic E-state index is 13.0. The van der Waals surface area contributed by atoms with Gasteiger partial charge in [0, 0.05) is 11.6 Å². The van der Waals surface area contributed by atoms with Crippen LogP contribution in [0.5, 0.6) is 11.5 Å². The maximum Gasteiger partial charge on any atom is 0.301 e. The third-order valence-corrected chi connectivity index (χ3v) is 5.08. The second-order valence-corrected chi connectivity index (χ2v) is 6.97. The smallest absolute Gasteiger partial charge is 0.301 e. The first-order chi connectivity index (χ1) is 14.9. The number of amides is 1. The van der Waals surface area contributed by atoms with E-state index in [0.29, 0.717) is 28.4 Å². The lowest BCUT2D eigenvalue weighted by Gasteiger charge is -2.23. The summed E-state index contributed by atoms with van der Waals surface area (Å²) < 4.78 is 15.6. The lowest BCUT2D eigenvalue weighted by molar-refractivity contribution is -0.132. The Bertz CT molecular complexity index is 1180. The first-order valence-electron chi connectivity index (χ1n) is 9.47. The van der Waals surface area contributed by atoms with E-state index in [0.717, 1.165) is 0 Å². The second kappa shape index (κ2) is 7.98. The molecule has 158 valence electrons. The van der Waals surface area contributed by atoms with E-state index >= 15 is 0 Å². The van der Waals surface area contributed by atoms with Crippen molar-refractivity contribution < 1.29 is 28.7 Å². The molecule has 1 aromatic heterocycles. The molecule has 0 unspecified atom stereocenters. The molecule has 3 aromatic rings. The van der Waals surface area contributed by atoms with E-state index in [-0.39, 0.29) is 17.2 Å². The number of benzene rings is 2. The molecule has 0 saturated carbocycles. The summed E-state index contributed by atoms with van der Waals surface area (Å²) in [6.45, 7) is 1.69. The number of aliphatic hydroxyl groups excluding tert-OH is 1. The predicted molar refractivity (Wildman–Crippen MR) is 112 cm³/mol. The number of carbonyl (C=O) groups excluding carboxylic acids is 2. The van der Waals surface area contributed by atoms with Gasteiger partial charge in [-0.1, -0.05) is 17.3 Å². The number of carbonyl (C=O) groups is 2. The molecule has 2 aromatic carbocycles. The van der Waals surface area contributed by atoms with Crippen LogP contribution in [0, 0.1) is 6.92 Å². The normalized spacial score (nSPS) is 17.8. The van der Waals surface area contributed by atoms with Crippen molar-refractivity contribution in [3.63, 3.8) is 0 Å². The van der Waals surface area contributed by atoms with Gasteiger partial charge < -0.3 is 19.1 Å². The highest BCUT2D eigenvalue weighted by molar-refractivity contribution is 6.51. The quantitative estimate of drug-likeness (QED) is 0.382. The van der Waals surface area contributed by atoms with Crippen molar-refractivity contribution in [2.24, 2.45) is 0 Å². The minimum absolute atomic E-state index is 0.0518. The summed E-state index contributed by atoms with van der Waals surface area (Å²) in [4.78, 5) is 27.3. The highest BCUT2D eigenvalue weighted by Crippen LogP contribution is 2.42. The Kier molecular flexibility index (Phi) is 5.21. The molecular weight excluding hydrogens is 400 g/mol. The van der Waals surface area contributed by atoms with Crippen LogP contribution >= 0.6 is 0 Å². The van der Waals surface area contributed by atoms with Crippen molar-refractivity contribution in [3.8, 4) is 11.5 Å². The van der Waals surface area contributed by atoms with E-state index in [1.165, 1.54) is 19.1 Å². The molecule has 1 fully saturated rings. The zero-order valence-corrected chi connectivity index (χ0v) is 17.2. The number of methoxy groups -OCH3 is 2. The monoisotopic (exact) mass is 420 g/mol. The van der Waals surface area contributed by atoms with Gasteiger partial charge >= 0.3 is 5.91 Å². The summed E-state index contributed by atoms with van der Waals surface area (Å²) in [7, 11) is 3.05. The summed E-state index contributed by atoms with van der Waals surface area (Å²) in [5.74, 6) is -0.115. The van der Waals surface area contributed by atoms with Crippen molar-refractivity contribution in [3.05, 3.63) is 77.1 Å². The van der Waals surface area contributed by atoms with Crippen LogP contribution in [0.3, 0.4) is 0 Å². The Balaban J connectivity index is 1.92. The molecule has 0 radical (unpaired) electrons. The number of rotatable bonds is 5. The van der Waals surface area contributed by atoms with E-state index in [2.05, 4.69) is 5.16 Å². The summed E-state index contributed by atoms with van der Waals surface area (Å²) in [6.07, 6.45) is 0. The summed E-state index contributed by atoms with van der Waals surface area (Å²) in [5, 5.41) is 15.0. The summed E-state index contributed by atoms with van der Waals surface area (Å²) in [6, 6.07) is 14.1. The van der Waals surface area contributed by atoms with Crippen LogP contribution < -0.4 is 14.4 Å². The van der Waals surface area contributed by atoms with Crippen molar-refractivity contribution in [2.75, 3.05) is 19.1 Å². The van der Waals surface area contributed by atoms with E-state index < -0.39 is 17.7 Å². The molecule has 2 heterocycles. The van der Waals surface area contributed by atoms with Crippen LogP contribution in [-0.2, 0) is 9.59 Å². The number of hydrogen-bond donors (Lipinski definition) is 1. The van der Waals surface area contributed by atoms with Crippen LogP contribution in [-0.4, -0.2) is 36.2 Å². The minimum Gasteiger partial charge on any atom is -0.507 e. The Hall–Kier alpha value is -4.07. The van der Waals surface area contributed by atoms with Crippen LogP contribution in [0.2, 0.25) is 0 Å². The molecule has 0 aliphatic carbocycles. The standard InChI is InChI=1S/C23H20N2O6/c1-13-11-18(24-31-13)25-20(15-5-4-6-17(12-15)30-3)19(22(27)23(25)28)21(26)14-7-9-16(29-2)10-8-14/h4-12,20,26H,1-3H3/b21-19+/t20-/m1/s1. The molecule has 0 bridgehead atoms. The summed E-state index contributed by atoms with van der Waals surface area (Å²) in [5.41, 5.74) is 0.904. The van der Waals surface area contributed by atoms with Gasteiger partial charge in [0.1, 0.15) is 23.0 Å². The number of ketones is 1. The Morgan fingerprint density at radius 2 is 1.74 bits per heavy atom. The van der Waals surface area contributed by atoms with Gasteiger partial charge in [-0.15, -0.1) is 0 Å². The van der Waals surface area contributed by atoms with E-state index in [4.69, 9.17) is 14.0 Å². The lowest BCUT2D eigenvalue weighted by Crippen LogP contribution is -2.29. The number of aromatic nitrogens is 1. The molecular formula is C23H20N2O6. The number of aliphatic hydroxyl groups is 1. The fraction of sp³-hybridized carbons (Fsp3) is 0.174.